The van der Waals surface area contributed by atoms with E-state index in [0.29, 0.717) is 25.8 Å². The second-order valence-corrected chi connectivity index (χ2v) is 1.71. The summed E-state index contributed by atoms with van der Waals surface area (Å²) in [6.45, 7) is 2.28. The Morgan fingerprint density at radius 3 is 2.78 bits per heavy atom. The van der Waals surface area contributed by atoms with E-state index in [1.54, 1.807) is 0 Å². The summed E-state index contributed by atoms with van der Waals surface area (Å²) in [5.74, 6) is 0.185. The molecule has 0 aliphatic heterocycles. The van der Waals surface area contributed by atoms with Gasteiger partial charge in [-0.3, -0.25) is 9.59 Å². The Kier molecular flexibility index (Phi) is 4.78. The van der Waals surface area contributed by atoms with Crippen molar-refractivity contribution in [1.29, 1.82) is 0 Å². The van der Waals surface area contributed by atoms with Gasteiger partial charge in [0.1, 0.15) is 5.78 Å². The average Bonchev–Trinajstić information content (AvgIpc) is 1.89. The van der Waals surface area contributed by atoms with Crippen molar-refractivity contribution in [2.24, 2.45) is 0 Å². The number of amides is 1. The van der Waals surface area contributed by atoms with Crippen molar-refractivity contribution >= 4 is 12.2 Å². The minimum absolute atomic E-state index is 0.185. The van der Waals surface area contributed by atoms with Gasteiger partial charge in [-0.2, -0.15) is 0 Å². The van der Waals surface area contributed by atoms with Gasteiger partial charge in [0.25, 0.3) is 0 Å². The third kappa shape index (κ3) is 5.00. The maximum atomic E-state index is 10.5. The molecular weight excluding hydrogens is 118 g/mol. The normalized spacial score (nSPS) is 8.56. The second kappa shape index (κ2) is 5.28. The van der Waals surface area contributed by atoms with Crippen LogP contribution in [-0.4, -0.2) is 18.7 Å². The van der Waals surface area contributed by atoms with E-state index in [1.807, 2.05) is 6.92 Å². The van der Waals surface area contributed by atoms with Gasteiger partial charge in [0, 0.05) is 19.4 Å². The van der Waals surface area contributed by atoms with Crippen LogP contribution in [0.15, 0.2) is 0 Å². The van der Waals surface area contributed by atoms with Crippen LogP contribution >= 0.6 is 0 Å². The summed E-state index contributed by atoms with van der Waals surface area (Å²) in [5, 5.41) is 2.41. The van der Waals surface area contributed by atoms with Gasteiger partial charge in [-0.25, -0.2) is 0 Å². The fourth-order valence-electron chi connectivity index (χ4n) is 0.447. The molecule has 0 aliphatic rings. The number of ketones is 1. The van der Waals surface area contributed by atoms with E-state index in [1.165, 1.54) is 0 Å². The zero-order chi connectivity index (χ0) is 7.11. The molecule has 0 saturated heterocycles. The van der Waals surface area contributed by atoms with Gasteiger partial charge in [0.15, 0.2) is 0 Å². The zero-order valence-electron chi connectivity index (χ0n) is 5.52. The molecule has 0 fully saturated rings. The van der Waals surface area contributed by atoms with Crippen LogP contribution in [0.1, 0.15) is 19.8 Å². The van der Waals surface area contributed by atoms with Crippen LogP contribution in [0.5, 0.6) is 0 Å². The molecule has 0 saturated carbocycles. The van der Waals surface area contributed by atoms with Crippen molar-refractivity contribution in [3.63, 3.8) is 0 Å². The minimum atomic E-state index is 0.185. The topological polar surface area (TPSA) is 46.2 Å². The fraction of sp³-hybridized carbons (Fsp3) is 0.667. The van der Waals surface area contributed by atoms with Crippen LogP contribution in [-0.2, 0) is 9.59 Å². The Labute approximate surface area is 54.4 Å². The van der Waals surface area contributed by atoms with Crippen molar-refractivity contribution < 1.29 is 9.59 Å². The third-order valence-electron chi connectivity index (χ3n) is 1.03. The summed E-state index contributed by atoms with van der Waals surface area (Å²) in [6.07, 6.45) is 1.61. The van der Waals surface area contributed by atoms with Crippen LogP contribution < -0.4 is 5.32 Å². The first-order chi connectivity index (χ1) is 4.31. The van der Waals surface area contributed by atoms with Crippen molar-refractivity contribution in [1.82, 2.24) is 5.32 Å². The fourth-order valence-corrected chi connectivity index (χ4v) is 0.447. The summed E-state index contributed by atoms with van der Waals surface area (Å²) in [5.41, 5.74) is 0. The van der Waals surface area contributed by atoms with Crippen LogP contribution in [0.4, 0.5) is 0 Å². The van der Waals surface area contributed by atoms with Gasteiger partial charge in [0.2, 0.25) is 6.41 Å². The van der Waals surface area contributed by atoms with Crippen molar-refractivity contribution in [3.8, 4) is 0 Å². The smallest absolute Gasteiger partial charge is 0.207 e. The highest BCUT2D eigenvalue weighted by Crippen LogP contribution is 1.84. The number of carbonyl (C=O) groups is 2. The van der Waals surface area contributed by atoms with E-state index in [9.17, 15) is 9.59 Å². The molecular formula is C6H11NO2. The average molecular weight is 129 g/mol. The second-order valence-electron chi connectivity index (χ2n) is 1.71. The molecule has 0 spiro atoms. The van der Waals surface area contributed by atoms with Gasteiger partial charge in [0.05, 0.1) is 0 Å². The maximum absolute atomic E-state index is 10.5. The predicted octanol–water partition coefficient (Wildman–Crippen LogP) is 0.102. The van der Waals surface area contributed by atoms with Crippen molar-refractivity contribution in [2.45, 2.75) is 19.8 Å². The molecule has 3 nitrogen and oxygen atoms in total. The largest absolute Gasteiger partial charge is 0.358 e. The van der Waals surface area contributed by atoms with E-state index in [4.69, 9.17) is 0 Å². The number of hydrogen-bond donors (Lipinski definition) is 1. The Bertz CT molecular complexity index is 101. The minimum Gasteiger partial charge on any atom is -0.358 e. The molecule has 0 heterocycles. The standard InChI is InChI=1S/C6H11NO2/c1-2-6(9)3-4-7-5-8/h5H,2-4H2,1H3,(H,7,8). The van der Waals surface area contributed by atoms with Crippen molar-refractivity contribution in [2.75, 3.05) is 6.54 Å². The Hall–Kier alpha value is -0.860. The van der Waals surface area contributed by atoms with Crippen LogP contribution in [0.25, 0.3) is 0 Å². The molecule has 1 N–H and O–H groups in total. The van der Waals surface area contributed by atoms with E-state index >= 15 is 0 Å². The highest BCUT2D eigenvalue weighted by atomic mass is 16.1. The molecule has 3 heteroatoms. The highest BCUT2D eigenvalue weighted by Gasteiger charge is 1.94. The summed E-state index contributed by atoms with van der Waals surface area (Å²) >= 11 is 0. The Morgan fingerprint density at radius 2 is 2.33 bits per heavy atom. The van der Waals surface area contributed by atoms with Crippen molar-refractivity contribution in [3.05, 3.63) is 0 Å². The first-order valence-corrected chi connectivity index (χ1v) is 3.00. The van der Waals surface area contributed by atoms with E-state index in [2.05, 4.69) is 5.32 Å². The van der Waals surface area contributed by atoms with E-state index in [0.717, 1.165) is 0 Å². The molecule has 0 aromatic heterocycles. The number of nitrogens with one attached hydrogen (secondary N) is 1. The van der Waals surface area contributed by atoms with Crippen LogP contribution in [0, 0.1) is 0 Å². The number of carbonyl (C=O) groups excluding carboxylic acids is 2. The first kappa shape index (κ1) is 8.14. The zero-order valence-corrected chi connectivity index (χ0v) is 5.52. The van der Waals surface area contributed by atoms with Gasteiger partial charge >= 0.3 is 0 Å². The van der Waals surface area contributed by atoms with Gasteiger partial charge < -0.3 is 5.32 Å². The van der Waals surface area contributed by atoms with E-state index < -0.39 is 0 Å². The molecule has 52 valence electrons. The van der Waals surface area contributed by atoms with Crippen LogP contribution in [0.2, 0.25) is 0 Å². The number of rotatable bonds is 5. The molecule has 1 amide bonds. The lowest BCUT2D eigenvalue weighted by atomic mass is 10.2. The van der Waals surface area contributed by atoms with Crippen LogP contribution in [0.3, 0.4) is 0 Å². The molecule has 0 rings (SSSR count). The Balaban J connectivity index is 3.06. The summed E-state index contributed by atoms with van der Waals surface area (Å²) < 4.78 is 0. The lowest BCUT2D eigenvalue weighted by molar-refractivity contribution is -0.118. The summed E-state index contributed by atoms with van der Waals surface area (Å²) in [6, 6.07) is 0. The molecule has 0 aromatic carbocycles. The molecule has 0 aromatic rings. The molecule has 9 heavy (non-hydrogen) atoms. The molecule has 0 bridgehead atoms. The lowest BCUT2D eigenvalue weighted by Crippen LogP contribution is -2.15. The predicted molar refractivity (Wildman–Crippen MR) is 34.0 cm³/mol. The SMILES string of the molecule is CCC(=O)CCNC=O. The summed E-state index contributed by atoms with van der Waals surface area (Å²) in [7, 11) is 0. The molecule has 0 unspecified atom stereocenters. The van der Waals surface area contributed by atoms with Gasteiger partial charge in [-0.1, -0.05) is 6.92 Å². The lowest BCUT2D eigenvalue weighted by Gasteiger charge is -1.93. The third-order valence-corrected chi connectivity index (χ3v) is 1.03. The maximum Gasteiger partial charge on any atom is 0.207 e. The Morgan fingerprint density at radius 1 is 1.67 bits per heavy atom. The quantitative estimate of drug-likeness (QED) is 0.422. The highest BCUT2D eigenvalue weighted by molar-refractivity contribution is 5.78. The van der Waals surface area contributed by atoms with Gasteiger partial charge in [-0.15, -0.1) is 0 Å². The molecule has 0 aliphatic carbocycles. The number of Topliss-reactive ketones (excluding diaryl/α,β-unsaturated/α-hetero) is 1. The summed E-state index contributed by atoms with van der Waals surface area (Å²) in [4.78, 5) is 20.2. The van der Waals surface area contributed by atoms with Gasteiger partial charge in [-0.05, 0) is 0 Å². The first-order valence-electron chi connectivity index (χ1n) is 3.00. The number of hydrogen-bond acceptors (Lipinski definition) is 2. The monoisotopic (exact) mass is 129 g/mol. The molecule has 0 atom stereocenters. The van der Waals surface area contributed by atoms with E-state index in [-0.39, 0.29) is 5.78 Å². The molecule has 0 radical (unpaired) electrons.